The fourth-order valence-electron chi connectivity index (χ4n) is 3.97. The number of nitrogens with zero attached hydrogens (tertiary/aromatic N) is 2. The van der Waals surface area contributed by atoms with Crippen LogP contribution in [-0.2, 0) is 0 Å². The van der Waals surface area contributed by atoms with Gasteiger partial charge in [0, 0.05) is 23.1 Å². The Balaban J connectivity index is 1.63. The number of benzene rings is 3. The predicted molar refractivity (Wildman–Crippen MR) is 107 cm³/mol. The summed E-state index contributed by atoms with van der Waals surface area (Å²) in [5, 5.41) is 17.0. The number of rotatable bonds is 3. The topological polar surface area (TPSA) is 54.3 Å². The minimum Gasteiger partial charge on any atom is -0.507 e. The van der Waals surface area contributed by atoms with Crippen LogP contribution in [0.2, 0.25) is 0 Å². The van der Waals surface area contributed by atoms with E-state index in [0.717, 1.165) is 16.8 Å². The van der Waals surface area contributed by atoms with Crippen LogP contribution in [0, 0.1) is 5.82 Å². The number of phenols is 1. The summed E-state index contributed by atoms with van der Waals surface area (Å²) in [6.45, 7) is 0. The van der Waals surface area contributed by atoms with Gasteiger partial charge in [0.1, 0.15) is 11.6 Å². The Morgan fingerprint density at radius 1 is 1.07 bits per heavy atom. The zero-order valence-electron chi connectivity index (χ0n) is 15.7. The third-order valence-corrected chi connectivity index (χ3v) is 5.37. The predicted octanol–water partition coefficient (Wildman–Crippen LogP) is 4.78. The van der Waals surface area contributed by atoms with E-state index in [2.05, 4.69) is 0 Å². The quantitative estimate of drug-likeness (QED) is 0.699. The van der Waals surface area contributed by atoms with Crippen molar-refractivity contribution in [1.29, 1.82) is 0 Å². The molecule has 0 saturated carbocycles. The maximum atomic E-state index is 13.5. The van der Waals surface area contributed by atoms with E-state index in [0.29, 0.717) is 23.5 Å². The summed E-state index contributed by atoms with van der Waals surface area (Å²) in [6, 6.07) is 19.1. The first-order valence-corrected chi connectivity index (χ1v) is 9.39. The summed E-state index contributed by atoms with van der Waals surface area (Å²) in [6.07, 6.45) is 0.0754. The molecule has 3 aromatic rings. The second-order valence-electron chi connectivity index (χ2n) is 7.06. The van der Waals surface area contributed by atoms with Crippen LogP contribution in [0.5, 0.6) is 17.2 Å². The second kappa shape index (κ2) is 6.81. The average Bonchev–Trinajstić information content (AvgIpc) is 3.19. The molecule has 1 N–H and O–H groups in total. The summed E-state index contributed by atoms with van der Waals surface area (Å²) < 4.78 is 25.3. The van der Waals surface area contributed by atoms with Gasteiger partial charge in [-0.2, -0.15) is 5.10 Å². The van der Waals surface area contributed by atoms with Crippen molar-refractivity contribution in [2.45, 2.75) is 18.7 Å². The number of hydrazone groups is 1. The first-order valence-electron chi connectivity index (χ1n) is 9.39. The van der Waals surface area contributed by atoms with Crippen molar-refractivity contribution in [1.82, 2.24) is 5.01 Å². The van der Waals surface area contributed by atoms with Crippen LogP contribution in [0.25, 0.3) is 0 Å². The maximum absolute atomic E-state index is 13.5. The zero-order chi connectivity index (χ0) is 20.0. The molecule has 2 atom stereocenters. The molecule has 6 heteroatoms. The molecule has 146 valence electrons. The molecule has 29 heavy (non-hydrogen) atoms. The van der Waals surface area contributed by atoms with E-state index in [1.807, 2.05) is 35.3 Å². The summed E-state index contributed by atoms with van der Waals surface area (Å²) >= 11 is 0. The fourth-order valence-corrected chi connectivity index (χ4v) is 3.97. The first kappa shape index (κ1) is 17.6. The highest BCUT2D eigenvalue weighted by atomic mass is 19.1. The summed E-state index contributed by atoms with van der Waals surface area (Å²) in [5.41, 5.74) is 3.23. The highest BCUT2D eigenvalue weighted by Crippen LogP contribution is 2.50. The second-order valence-corrected chi connectivity index (χ2v) is 7.06. The number of phenolic OH excluding ortho intramolecular Hbond substituents is 1. The van der Waals surface area contributed by atoms with Gasteiger partial charge in [-0.05, 0) is 30.3 Å². The van der Waals surface area contributed by atoms with Gasteiger partial charge in [0.05, 0.1) is 18.9 Å². The van der Waals surface area contributed by atoms with Crippen LogP contribution >= 0.6 is 0 Å². The molecule has 5 rings (SSSR count). The smallest absolute Gasteiger partial charge is 0.214 e. The molecule has 2 aliphatic heterocycles. The van der Waals surface area contributed by atoms with Crippen molar-refractivity contribution < 1.29 is 19.0 Å². The fraction of sp³-hybridized carbons (Fsp3) is 0.174. The summed E-state index contributed by atoms with van der Waals surface area (Å²) in [7, 11) is 1.61. The lowest BCUT2D eigenvalue weighted by molar-refractivity contribution is -0.0209. The first-order chi connectivity index (χ1) is 14.2. The Kier molecular flexibility index (Phi) is 4.12. The Hall–Kier alpha value is -3.54. The van der Waals surface area contributed by atoms with Crippen LogP contribution < -0.4 is 9.47 Å². The van der Waals surface area contributed by atoms with Crippen LogP contribution in [0.3, 0.4) is 0 Å². The van der Waals surface area contributed by atoms with Gasteiger partial charge in [0.25, 0.3) is 0 Å². The Morgan fingerprint density at radius 3 is 2.62 bits per heavy atom. The van der Waals surface area contributed by atoms with Gasteiger partial charge in [-0.3, -0.25) is 0 Å². The normalized spacial score (nSPS) is 19.8. The molecule has 0 amide bonds. The van der Waals surface area contributed by atoms with Crippen molar-refractivity contribution in [2.75, 3.05) is 7.11 Å². The molecule has 0 aliphatic carbocycles. The number of methoxy groups -OCH3 is 1. The molecule has 2 unspecified atom stereocenters. The average molecular weight is 390 g/mol. The third kappa shape index (κ3) is 2.88. The molecule has 3 aromatic carbocycles. The van der Waals surface area contributed by atoms with Crippen LogP contribution in [-0.4, -0.2) is 22.9 Å². The van der Waals surface area contributed by atoms with Crippen LogP contribution in [0.4, 0.5) is 4.39 Å². The van der Waals surface area contributed by atoms with Gasteiger partial charge in [-0.25, -0.2) is 9.40 Å². The molecule has 0 spiro atoms. The maximum Gasteiger partial charge on any atom is 0.214 e. The molecule has 2 heterocycles. The summed E-state index contributed by atoms with van der Waals surface area (Å²) in [5.74, 6) is 1.19. The van der Waals surface area contributed by atoms with E-state index in [1.165, 1.54) is 12.1 Å². The molecule has 0 aromatic heterocycles. The molecule has 2 aliphatic rings. The molecule has 0 saturated heterocycles. The minimum absolute atomic E-state index is 0.0847. The molecular formula is C23H19FN2O3. The lowest BCUT2D eigenvalue weighted by Gasteiger charge is -2.38. The zero-order valence-corrected chi connectivity index (χ0v) is 15.7. The lowest BCUT2D eigenvalue weighted by atomic mass is 9.95. The summed E-state index contributed by atoms with van der Waals surface area (Å²) in [4.78, 5) is 0. The monoisotopic (exact) mass is 390 g/mol. The van der Waals surface area contributed by atoms with Crippen molar-refractivity contribution in [2.24, 2.45) is 5.10 Å². The highest BCUT2D eigenvalue weighted by Gasteiger charge is 2.42. The number of para-hydroxylation sites is 2. The van der Waals surface area contributed by atoms with Crippen molar-refractivity contribution in [3.8, 4) is 17.2 Å². The van der Waals surface area contributed by atoms with Gasteiger partial charge in [0.15, 0.2) is 11.5 Å². The molecule has 5 nitrogen and oxygen atoms in total. The van der Waals surface area contributed by atoms with Gasteiger partial charge >= 0.3 is 0 Å². The minimum atomic E-state index is -0.534. The highest BCUT2D eigenvalue weighted by molar-refractivity contribution is 6.04. The molecule has 0 radical (unpaired) electrons. The molecule has 0 fully saturated rings. The lowest BCUT2D eigenvalue weighted by Crippen LogP contribution is -2.33. The number of hydrogen-bond donors (Lipinski definition) is 1. The van der Waals surface area contributed by atoms with E-state index in [-0.39, 0.29) is 17.6 Å². The van der Waals surface area contributed by atoms with Crippen molar-refractivity contribution in [3.05, 3.63) is 89.2 Å². The third-order valence-electron chi connectivity index (χ3n) is 5.37. The van der Waals surface area contributed by atoms with Crippen LogP contribution in [0.15, 0.2) is 71.8 Å². The Morgan fingerprint density at radius 2 is 1.86 bits per heavy atom. The van der Waals surface area contributed by atoms with Gasteiger partial charge < -0.3 is 14.6 Å². The number of halogens is 1. The van der Waals surface area contributed by atoms with E-state index in [4.69, 9.17) is 14.6 Å². The largest absolute Gasteiger partial charge is 0.507 e. The molecule has 0 bridgehead atoms. The van der Waals surface area contributed by atoms with Crippen LogP contribution in [0.1, 0.15) is 35.4 Å². The number of ether oxygens (including phenoxy) is 2. The SMILES string of the molecule is COc1cccc2c1OC(c1ccc(F)cc1)N1N=C(c3ccccc3O)CC21. The number of hydrogen-bond acceptors (Lipinski definition) is 5. The number of fused-ring (bicyclic) bond motifs is 3. The van der Waals surface area contributed by atoms with Crippen molar-refractivity contribution in [3.63, 3.8) is 0 Å². The Bertz CT molecular complexity index is 1100. The van der Waals surface area contributed by atoms with Gasteiger partial charge in [0.2, 0.25) is 6.23 Å². The standard InChI is InChI=1S/C23H19FN2O3/c1-28-21-8-4-6-17-19-13-18(16-5-2-3-7-20(16)27)25-26(19)23(29-22(17)21)14-9-11-15(24)12-10-14/h2-12,19,23,27H,13H2,1H3. The number of aromatic hydroxyl groups is 1. The molecular weight excluding hydrogens is 371 g/mol. The van der Waals surface area contributed by atoms with Gasteiger partial charge in [-0.1, -0.05) is 36.4 Å². The van der Waals surface area contributed by atoms with E-state index < -0.39 is 6.23 Å². The van der Waals surface area contributed by atoms with Crippen molar-refractivity contribution >= 4 is 5.71 Å². The van der Waals surface area contributed by atoms with E-state index in [1.54, 1.807) is 31.4 Å². The van der Waals surface area contributed by atoms with E-state index >= 15 is 0 Å². The van der Waals surface area contributed by atoms with E-state index in [9.17, 15) is 9.50 Å². The van der Waals surface area contributed by atoms with Gasteiger partial charge in [-0.15, -0.1) is 0 Å². The Labute approximate surface area is 167 Å².